The van der Waals surface area contributed by atoms with E-state index >= 15 is 0 Å². The van der Waals surface area contributed by atoms with Crippen LogP contribution in [-0.2, 0) is 4.74 Å². The van der Waals surface area contributed by atoms with Crippen LogP contribution in [-0.4, -0.2) is 40.8 Å². The number of carbonyl (C=O) groups excluding carboxylic acids is 1. The molecule has 2 rings (SSSR count). The molecule has 2 heterocycles. The Hall–Kier alpha value is -1.85. The van der Waals surface area contributed by atoms with Gasteiger partial charge in [0.25, 0.3) is 0 Å². The summed E-state index contributed by atoms with van der Waals surface area (Å²) >= 11 is 0. The summed E-state index contributed by atoms with van der Waals surface area (Å²) in [5.74, 6) is 1.33. The van der Waals surface area contributed by atoms with Crippen LogP contribution in [0.15, 0.2) is 6.20 Å². The number of amides is 1. The number of nitrogens with one attached hydrogen (secondary N) is 1. The molecule has 0 unspecified atom stereocenters. The molecule has 6 heteroatoms. The summed E-state index contributed by atoms with van der Waals surface area (Å²) in [6.45, 7) is 13.5. The summed E-state index contributed by atoms with van der Waals surface area (Å²) in [6.07, 6.45) is 3.62. The van der Waals surface area contributed by atoms with Crippen LogP contribution in [0.4, 0.5) is 10.6 Å². The second-order valence-electron chi connectivity index (χ2n) is 7.70. The molecule has 6 nitrogen and oxygen atoms in total. The first-order valence-electron chi connectivity index (χ1n) is 8.70. The van der Waals surface area contributed by atoms with Crippen molar-refractivity contribution in [2.75, 3.05) is 18.0 Å². The van der Waals surface area contributed by atoms with Crippen molar-refractivity contribution in [2.45, 2.75) is 66.0 Å². The van der Waals surface area contributed by atoms with Crippen molar-refractivity contribution in [1.29, 1.82) is 0 Å². The molecule has 1 fully saturated rings. The first-order valence-corrected chi connectivity index (χ1v) is 8.70. The molecule has 24 heavy (non-hydrogen) atoms. The molecule has 1 aromatic heterocycles. The van der Waals surface area contributed by atoms with Gasteiger partial charge in [-0.05, 0) is 60.3 Å². The third-order valence-electron chi connectivity index (χ3n) is 4.26. The van der Waals surface area contributed by atoms with Crippen LogP contribution in [0.1, 0.15) is 51.9 Å². The molecule has 1 aliphatic heterocycles. The minimum Gasteiger partial charge on any atom is -0.444 e. The molecule has 0 radical (unpaired) electrons. The Morgan fingerprint density at radius 3 is 2.79 bits per heavy atom. The summed E-state index contributed by atoms with van der Waals surface area (Å²) < 4.78 is 5.36. The molecule has 1 amide bonds. The normalized spacial score (nSPS) is 19.8. The zero-order chi connectivity index (χ0) is 17.9. The number of hydrogen-bond acceptors (Lipinski definition) is 5. The van der Waals surface area contributed by atoms with Crippen molar-refractivity contribution < 1.29 is 9.53 Å². The molecule has 0 bridgehead atoms. The van der Waals surface area contributed by atoms with Gasteiger partial charge in [-0.3, -0.25) is 4.98 Å². The number of aromatic nitrogens is 2. The average Bonchev–Trinajstić information content (AvgIpc) is 2.48. The fourth-order valence-electron chi connectivity index (χ4n) is 3.05. The fraction of sp³-hybridized carbons (Fsp3) is 0.722. The number of alkyl carbamates (subject to hydrolysis) is 1. The van der Waals surface area contributed by atoms with Crippen molar-refractivity contribution in [3.8, 4) is 0 Å². The van der Waals surface area contributed by atoms with Gasteiger partial charge in [0.15, 0.2) is 0 Å². The number of anilines is 1. The van der Waals surface area contributed by atoms with Crippen LogP contribution < -0.4 is 10.2 Å². The van der Waals surface area contributed by atoms with E-state index in [1.54, 1.807) is 6.20 Å². The Morgan fingerprint density at radius 2 is 2.12 bits per heavy atom. The Balaban J connectivity index is 1.99. The molecule has 2 atom stereocenters. The van der Waals surface area contributed by atoms with Crippen molar-refractivity contribution in [1.82, 2.24) is 15.3 Å². The topological polar surface area (TPSA) is 67.4 Å². The lowest BCUT2D eigenvalue weighted by Gasteiger charge is -2.37. The van der Waals surface area contributed by atoms with Crippen molar-refractivity contribution in [2.24, 2.45) is 5.92 Å². The fourth-order valence-corrected chi connectivity index (χ4v) is 3.05. The summed E-state index contributed by atoms with van der Waals surface area (Å²) in [6, 6.07) is 0.0562. The highest BCUT2D eigenvalue weighted by Crippen LogP contribution is 2.25. The van der Waals surface area contributed by atoms with Crippen LogP contribution in [0.2, 0.25) is 0 Å². The maximum Gasteiger partial charge on any atom is 0.407 e. The highest BCUT2D eigenvalue weighted by atomic mass is 16.6. The first-order chi connectivity index (χ1) is 11.2. The van der Waals surface area contributed by atoms with Crippen molar-refractivity contribution in [3.63, 3.8) is 0 Å². The number of piperidine rings is 1. The van der Waals surface area contributed by atoms with Crippen molar-refractivity contribution >= 4 is 11.9 Å². The smallest absolute Gasteiger partial charge is 0.407 e. The molecule has 1 N–H and O–H groups in total. The highest BCUT2D eigenvalue weighted by Gasteiger charge is 2.28. The summed E-state index contributed by atoms with van der Waals surface area (Å²) in [5.41, 5.74) is 1.41. The number of aryl methyl sites for hydroxylation is 2. The van der Waals surface area contributed by atoms with Gasteiger partial charge < -0.3 is 15.0 Å². The zero-order valence-corrected chi connectivity index (χ0v) is 15.7. The number of ether oxygens (including phenoxy) is 1. The molecule has 0 aromatic carbocycles. The molecular weight excluding hydrogens is 304 g/mol. The summed E-state index contributed by atoms with van der Waals surface area (Å²) in [5, 5.41) is 2.98. The van der Waals surface area contributed by atoms with Gasteiger partial charge in [0.05, 0.1) is 11.4 Å². The third kappa shape index (κ3) is 5.08. The minimum atomic E-state index is -0.476. The van der Waals surface area contributed by atoms with E-state index in [1.807, 2.05) is 41.5 Å². The minimum absolute atomic E-state index is 0.0562. The second-order valence-corrected chi connectivity index (χ2v) is 7.70. The number of nitrogens with zero attached hydrogens (tertiary/aromatic N) is 3. The van der Waals surface area contributed by atoms with Crippen LogP contribution in [0.3, 0.4) is 0 Å². The molecule has 0 aliphatic carbocycles. The summed E-state index contributed by atoms with van der Waals surface area (Å²) in [7, 11) is 0. The molecule has 1 aliphatic rings. The van der Waals surface area contributed by atoms with Crippen molar-refractivity contribution in [3.05, 3.63) is 17.6 Å². The van der Waals surface area contributed by atoms with Gasteiger partial charge in [-0.1, -0.05) is 0 Å². The van der Waals surface area contributed by atoms with Gasteiger partial charge in [0, 0.05) is 25.3 Å². The van der Waals surface area contributed by atoms with Crippen LogP contribution in [0, 0.1) is 19.8 Å². The average molecular weight is 334 g/mol. The maximum absolute atomic E-state index is 12.0. The van der Waals surface area contributed by atoms with E-state index in [1.165, 1.54) is 0 Å². The quantitative estimate of drug-likeness (QED) is 0.919. The standard InChI is InChI=1S/C18H30N4O2/c1-12-10-19-14(3)16(20-12)22-9-7-8-15(11-22)13(2)21-17(23)24-18(4,5)6/h10,13,15H,7-9,11H2,1-6H3,(H,21,23)/t13-,15-/m1/s1. The third-order valence-corrected chi connectivity index (χ3v) is 4.26. The largest absolute Gasteiger partial charge is 0.444 e. The number of rotatable bonds is 3. The monoisotopic (exact) mass is 334 g/mol. The molecule has 1 aromatic rings. The molecular formula is C18H30N4O2. The Labute approximate surface area is 145 Å². The van der Waals surface area contributed by atoms with Gasteiger partial charge in [-0.25, -0.2) is 9.78 Å². The number of carbonyl (C=O) groups is 1. The molecule has 1 saturated heterocycles. The van der Waals surface area contributed by atoms with E-state index in [4.69, 9.17) is 4.74 Å². The first kappa shape index (κ1) is 18.5. The van der Waals surface area contributed by atoms with Gasteiger partial charge >= 0.3 is 6.09 Å². The van der Waals surface area contributed by atoms with E-state index in [0.29, 0.717) is 5.92 Å². The van der Waals surface area contributed by atoms with E-state index in [9.17, 15) is 4.79 Å². The summed E-state index contributed by atoms with van der Waals surface area (Å²) in [4.78, 5) is 23.4. The van der Waals surface area contributed by atoms with E-state index in [-0.39, 0.29) is 12.1 Å². The van der Waals surface area contributed by atoms with Crippen LogP contribution >= 0.6 is 0 Å². The van der Waals surface area contributed by atoms with Gasteiger partial charge in [0.1, 0.15) is 11.4 Å². The van der Waals surface area contributed by atoms with Gasteiger partial charge in [0.2, 0.25) is 0 Å². The van der Waals surface area contributed by atoms with Crippen LogP contribution in [0.25, 0.3) is 0 Å². The lowest BCUT2D eigenvalue weighted by molar-refractivity contribution is 0.0489. The SMILES string of the molecule is Cc1cnc(C)c(N2CCC[C@@H]([C@@H](C)NC(=O)OC(C)(C)C)C2)n1. The van der Waals surface area contributed by atoms with E-state index in [0.717, 1.165) is 43.1 Å². The highest BCUT2D eigenvalue weighted by molar-refractivity contribution is 5.68. The van der Waals surface area contributed by atoms with Gasteiger partial charge in [-0.2, -0.15) is 0 Å². The van der Waals surface area contributed by atoms with Crippen LogP contribution in [0.5, 0.6) is 0 Å². The Kier molecular flexibility index (Phi) is 5.67. The predicted octanol–water partition coefficient (Wildman–Crippen LogP) is 3.22. The number of hydrogen-bond donors (Lipinski definition) is 1. The lowest BCUT2D eigenvalue weighted by Crippen LogP contribution is -2.47. The Bertz CT molecular complexity index is 583. The lowest BCUT2D eigenvalue weighted by atomic mass is 9.91. The van der Waals surface area contributed by atoms with E-state index < -0.39 is 5.60 Å². The Morgan fingerprint density at radius 1 is 1.42 bits per heavy atom. The maximum atomic E-state index is 12.0. The molecule has 0 spiro atoms. The molecule has 0 saturated carbocycles. The van der Waals surface area contributed by atoms with Gasteiger partial charge in [-0.15, -0.1) is 0 Å². The zero-order valence-electron chi connectivity index (χ0n) is 15.7. The predicted molar refractivity (Wildman–Crippen MR) is 95.3 cm³/mol. The molecule has 134 valence electrons. The van der Waals surface area contributed by atoms with E-state index in [2.05, 4.69) is 20.2 Å². The second kappa shape index (κ2) is 7.36.